The molecule has 0 saturated heterocycles. The molecule has 5 nitrogen and oxygen atoms in total. The third kappa shape index (κ3) is 1.50. The molecule has 1 aromatic rings. The molecule has 0 spiro atoms. The summed E-state index contributed by atoms with van der Waals surface area (Å²) in [6, 6.07) is 0. The van der Waals surface area contributed by atoms with Gasteiger partial charge in [0.15, 0.2) is 0 Å². The predicted octanol–water partition coefficient (Wildman–Crippen LogP) is 1.67. The Hall–Kier alpha value is -1.39. The van der Waals surface area contributed by atoms with Gasteiger partial charge >= 0.3 is 5.97 Å². The molecular weight excluding hydrogens is 206 g/mol. The zero-order valence-electron chi connectivity index (χ0n) is 9.90. The minimum absolute atomic E-state index is 0.389. The quantitative estimate of drug-likeness (QED) is 0.846. The van der Waals surface area contributed by atoms with E-state index in [-0.39, 0.29) is 0 Å². The number of rotatable bonds is 3. The van der Waals surface area contributed by atoms with E-state index in [0.29, 0.717) is 11.7 Å². The first-order chi connectivity index (χ1) is 7.44. The number of aryl methyl sites for hydroxylation is 1. The van der Waals surface area contributed by atoms with Gasteiger partial charge in [-0.2, -0.15) is 0 Å². The Morgan fingerprint density at radius 1 is 1.44 bits per heavy atom. The molecule has 0 radical (unpaired) electrons. The van der Waals surface area contributed by atoms with Crippen molar-refractivity contribution in [3.8, 4) is 0 Å². The maximum absolute atomic E-state index is 11.3. The molecule has 2 rings (SSSR count). The Morgan fingerprint density at radius 3 is 2.50 bits per heavy atom. The Bertz CT molecular complexity index is 419. The third-order valence-electron chi connectivity index (χ3n) is 3.40. The van der Waals surface area contributed by atoms with Crippen LogP contribution in [0.1, 0.15) is 50.7 Å². The smallest absolute Gasteiger partial charge is 0.329 e. The Balaban J connectivity index is 2.45. The molecule has 0 aromatic carbocycles. The summed E-state index contributed by atoms with van der Waals surface area (Å²) in [6.07, 6.45) is 3.38. The topological polar surface area (TPSA) is 68.0 Å². The van der Waals surface area contributed by atoms with Crippen molar-refractivity contribution in [2.45, 2.75) is 51.5 Å². The Kier molecular flexibility index (Phi) is 2.48. The largest absolute Gasteiger partial charge is 0.480 e. The normalized spacial score (nSPS) is 17.2. The van der Waals surface area contributed by atoms with Gasteiger partial charge in [0.1, 0.15) is 17.2 Å². The van der Waals surface area contributed by atoms with Crippen molar-refractivity contribution in [1.82, 2.24) is 14.8 Å². The van der Waals surface area contributed by atoms with Crippen LogP contribution in [0.2, 0.25) is 0 Å². The van der Waals surface area contributed by atoms with Crippen molar-refractivity contribution in [3.05, 3.63) is 11.6 Å². The van der Waals surface area contributed by atoms with Crippen LogP contribution >= 0.6 is 0 Å². The summed E-state index contributed by atoms with van der Waals surface area (Å²) in [7, 11) is 0. The number of aliphatic carboxylic acids is 1. The summed E-state index contributed by atoms with van der Waals surface area (Å²) in [5, 5.41) is 17.4. The highest BCUT2D eigenvalue weighted by Gasteiger charge is 2.36. The minimum atomic E-state index is -0.974. The molecule has 16 heavy (non-hydrogen) atoms. The van der Waals surface area contributed by atoms with Crippen molar-refractivity contribution < 1.29 is 9.90 Å². The van der Waals surface area contributed by atoms with Crippen LogP contribution < -0.4 is 0 Å². The number of carboxylic acid groups (broad SMARTS) is 1. The summed E-state index contributed by atoms with van der Waals surface area (Å²) >= 11 is 0. The number of hydrogen-bond acceptors (Lipinski definition) is 3. The predicted molar refractivity (Wildman–Crippen MR) is 58.3 cm³/mol. The first-order valence-corrected chi connectivity index (χ1v) is 5.60. The monoisotopic (exact) mass is 223 g/mol. The average molecular weight is 223 g/mol. The summed E-state index contributed by atoms with van der Waals surface area (Å²) < 4.78 is 1.76. The molecule has 5 heteroatoms. The van der Waals surface area contributed by atoms with Crippen molar-refractivity contribution in [1.29, 1.82) is 0 Å². The molecule has 1 aliphatic carbocycles. The Labute approximate surface area is 94.5 Å². The summed E-state index contributed by atoms with van der Waals surface area (Å²) in [4.78, 5) is 11.3. The van der Waals surface area contributed by atoms with E-state index in [2.05, 4.69) is 10.2 Å². The van der Waals surface area contributed by atoms with Crippen LogP contribution in [-0.2, 0) is 10.3 Å². The van der Waals surface area contributed by atoms with Gasteiger partial charge in [0, 0.05) is 5.92 Å². The summed E-state index contributed by atoms with van der Waals surface area (Å²) in [5.74, 6) is 1.04. The lowest BCUT2D eigenvalue weighted by Crippen LogP contribution is -2.38. The van der Waals surface area contributed by atoms with Gasteiger partial charge in [0.25, 0.3) is 0 Å². The highest BCUT2D eigenvalue weighted by atomic mass is 16.4. The van der Waals surface area contributed by atoms with E-state index in [4.69, 9.17) is 0 Å². The van der Waals surface area contributed by atoms with Gasteiger partial charge in [-0.1, -0.05) is 6.42 Å². The number of nitrogens with zero attached hydrogens (tertiary/aromatic N) is 3. The van der Waals surface area contributed by atoms with Gasteiger partial charge in [0.2, 0.25) is 0 Å². The van der Waals surface area contributed by atoms with Crippen LogP contribution in [0.3, 0.4) is 0 Å². The lowest BCUT2D eigenvalue weighted by atomic mass is 9.84. The number of aromatic nitrogens is 3. The molecular formula is C11H17N3O2. The summed E-state index contributed by atoms with van der Waals surface area (Å²) in [6.45, 7) is 5.18. The summed E-state index contributed by atoms with van der Waals surface area (Å²) in [5.41, 5.74) is -0.974. The van der Waals surface area contributed by atoms with Crippen molar-refractivity contribution in [3.63, 3.8) is 0 Å². The first-order valence-electron chi connectivity index (χ1n) is 5.60. The van der Waals surface area contributed by atoms with Crippen molar-refractivity contribution >= 4 is 5.97 Å². The van der Waals surface area contributed by atoms with Crippen molar-refractivity contribution in [2.75, 3.05) is 0 Å². The Morgan fingerprint density at radius 2 is 2.06 bits per heavy atom. The fraction of sp³-hybridized carbons (Fsp3) is 0.727. The highest BCUT2D eigenvalue weighted by Crippen LogP contribution is 2.37. The van der Waals surface area contributed by atoms with Crippen LogP contribution in [0.4, 0.5) is 0 Å². The molecule has 1 heterocycles. The molecule has 0 amide bonds. The fourth-order valence-corrected chi connectivity index (χ4v) is 2.10. The number of hydrogen-bond donors (Lipinski definition) is 1. The van der Waals surface area contributed by atoms with Gasteiger partial charge < -0.3 is 5.11 Å². The maximum atomic E-state index is 11.3. The second kappa shape index (κ2) is 3.57. The van der Waals surface area contributed by atoms with E-state index in [1.165, 1.54) is 6.42 Å². The zero-order chi connectivity index (χ0) is 11.9. The molecule has 88 valence electrons. The SMILES string of the molecule is Cc1nnc(C2CCC2)n1C(C)(C)C(=O)O. The van der Waals surface area contributed by atoms with Gasteiger partial charge in [0.05, 0.1) is 0 Å². The van der Waals surface area contributed by atoms with Crippen LogP contribution in [-0.4, -0.2) is 25.8 Å². The molecule has 1 saturated carbocycles. The number of carboxylic acids is 1. The molecule has 1 aliphatic rings. The van der Waals surface area contributed by atoms with E-state index < -0.39 is 11.5 Å². The fourth-order valence-electron chi connectivity index (χ4n) is 2.10. The minimum Gasteiger partial charge on any atom is -0.480 e. The van der Waals surface area contributed by atoms with Gasteiger partial charge in [-0.15, -0.1) is 10.2 Å². The maximum Gasteiger partial charge on any atom is 0.329 e. The van der Waals surface area contributed by atoms with Crippen molar-refractivity contribution in [2.24, 2.45) is 0 Å². The van der Waals surface area contributed by atoms with E-state index in [1.807, 2.05) is 0 Å². The van der Waals surface area contributed by atoms with E-state index >= 15 is 0 Å². The second-order valence-corrected chi connectivity index (χ2v) is 4.93. The zero-order valence-corrected chi connectivity index (χ0v) is 9.90. The third-order valence-corrected chi connectivity index (χ3v) is 3.40. The molecule has 0 aliphatic heterocycles. The number of carbonyl (C=O) groups is 1. The molecule has 1 fully saturated rings. The van der Waals surface area contributed by atoms with Crippen LogP contribution in [0, 0.1) is 6.92 Å². The lowest BCUT2D eigenvalue weighted by Gasteiger charge is -2.30. The van der Waals surface area contributed by atoms with E-state index in [9.17, 15) is 9.90 Å². The first kappa shape index (κ1) is 11.1. The van der Waals surface area contributed by atoms with Crippen LogP contribution in [0.25, 0.3) is 0 Å². The lowest BCUT2D eigenvalue weighted by molar-refractivity contribution is -0.145. The van der Waals surface area contributed by atoms with E-state index in [1.54, 1.807) is 25.3 Å². The standard InChI is InChI=1S/C11H17N3O2/c1-7-12-13-9(8-5-4-6-8)14(7)11(2,3)10(15)16/h8H,4-6H2,1-3H3,(H,15,16). The molecule has 1 aromatic heterocycles. The van der Waals surface area contributed by atoms with Crippen LogP contribution in [0.15, 0.2) is 0 Å². The van der Waals surface area contributed by atoms with Gasteiger partial charge in [-0.05, 0) is 33.6 Å². The van der Waals surface area contributed by atoms with Crippen LogP contribution in [0.5, 0.6) is 0 Å². The van der Waals surface area contributed by atoms with E-state index in [0.717, 1.165) is 18.7 Å². The highest BCUT2D eigenvalue weighted by molar-refractivity contribution is 5.75. The molecule has 1 N–H and O–H groups in total. The molecule has 0 atom stereocenters. The van der Waals surface area contributed by atoms with Gasteiger partial charge in [-0.25, -0.2) is 4.79 Å². The molecule has 0 unspecified atom stereocenters. The molecule has 0 bridgehead atoms. The average Bonchev–Trinajstić information content (AvgIpc) is 2.44. The van der Waals surface area contributed by atoms with Gasteiger partial charge in [-0.3, -0.25) is 4.57 Å². The second-order valence-electron chi connectivity index (χ2n) is 4.93.